The second-order valence-electron chi connectivity index (χ2n) is 6.71. The molecule has 2 N–H and O–H groups in total. The number of hydrogen-bond acceptors (Lipinski definition) is 7. The van der Waals surface area contributed by atoms with E-state index in [0.29, 0.717) is 5.75 Å². The molecule has 9 heteroatoms. The molecule has 0 saturated carbocycles. The summed E-state index contributed by atoms with van der Waals surface area (Å²) in [7, 11) is 2.75. The number of carbonyl (C=O) groups excluding carboxylic acids is 2. The lowest BCUT2D eigenvalue weighted by Crippen LogP contribution is -2.43. The molecule has 9 nitrogen and oxygen atoms in total. The summed E-state index contributed by atoms with van der Waals surface area (Å²) in [5.41, 5.74) is 5.09. The summed E-state index contributed by atoms with van der Waals surface area (Å²) in [5, 5.41) is 0. The van der Waals surface area contributed by atoms with Crippen LogP contribution in [-0.2, 0) is 18.3 Å². The third kappa shape index (κ3) is 4.55. The fraction of sp³-hybridized carbons (Fsp3) is 0.182. The first-order chi connectivity index (χ1) is 14.8. The van der Waals surface area contributed by atoms with E-state index in [1.807, 2.05) is 6.07 Å². The Hall–Kier alpha value is -4.14. The third-order valence-corrected chi connectivity index (χ3v) is 4.71. The number of benzene rings is 2. The number of nitrogens with two attached hydrogens (primary N) is 1. The molecule has 0 aliphatic heterocycles. The summed E-state index contributed by atoms with van der Waals surface area (Å²) in [5.74, 6) is -1.27. The zero-order valence-electron chi connectivity index (χ0n) is 17.0. The molecule has 0 atom stereocenters. The van der Waals surface area contributed by atoms with Gasteiger partial charge in [-0.2, -0.15) is 0 Å². The highest BCUT2D eigenvalue weighted by Gasteiger charge is 2.23. The van der Waals surface area contributed by atoms with Crippen LogP contribution in [0.1, 0.15) is 26.3 Å². The van der Waals surface area contributed by atoms with Crippen LogP contribution >= 0.6 is 0 Å². The Labute approximate surface area is 177 Å². The van der Waals surface area contributed by atoms with Crippen molar-refractivity contribution in [1.29, 1.82) is 0 Å². The highest BCUT2D eigenvalue weighted by molar-refractivity contribution is 6.02. The largest absolute Gasteiger partial charge is 0.497 e. The predicted molar refractivity (Wildman–Crippen MR) is 114 cm³/mol. The molecule has 160 valence electrons. The molecule has 0 fully saturated rings. The van der Waals surface area contributed by atoms with E-state index in [9.17, 15) is 19.2 Å². The average molecular weight is 423 g/mol. The molecule has 0 unspecified atom stereocenters. The number of carbonyl (C=O) groups is 2. The molecule has 0 aliphatic carbocycles. The van der Waals surface area contributed by atoms with Gasteiger partial charge >= 0.3 is 11.7 Å². The number of hydrogen-bond donors (Lipinski definition) is 1. The van der Waals surface area contributed by atoms with Crippen LogP contribution < -0.4 is 21.7 Å². The number of ether oxygens (including phenoxy) is 2. The van der Waals surface area contributed by atoms with Crippen molar-refractivity contribution < 1.29 is 19.1 Å². The molecule has 0 aliphatic rings. The van der Waals surface area contributed by atoms with Gasteiger partial charge in [-0.05, 0) is 29.8 Å². The van der Waals surface area contributed by atoms with Crippen molar-refractivity contribution in [3.63, 3.8) is 0 Å². The van der Waals surface area contributed by atoms with Gasteiger partial charge in [-0.3, -0.25) is 18.7 Å². The molecular weight excluding hydrogens is 402 g/mol. The van der Waals surface area contributed by atoms with E-state index in [1.54, 1.807) is 36.4 Å². The molecule has 2 aromatic carbocycles. The summed E-state index contributed by atoms with van der Waals surface area (Å²) in [6.45, 7) is -0.626. The van der Waals surface area contributed by atoms with Crippen molar-refractivity contribution in [3.8, 4) is 5.75 Å². The molecular formula is C22H21N3O6. The Kier molecular flexibility index (Phi) is 6.35. The normalized spacial score (nSPS) is 10.5. The quantitative estimate of drug-likeness (QED) is 0.448. The molecule has 3 rings (SSSR count). The van der Waals surface area contributed by atoms with E-state index < -0.39 is 35.2 Å². The van der Waals surface area contributed by atoms with Crippen LogP contribution in [0.3, 0.4) is 0 Å². The van der Waals surface area contributed by atoms with Crippen molar-refractivity contribution in [3.05, 3.63) is 92.1 Å². The van der Waals surface area contributed by atoms with Crippen LogP contribution in [0.15, 0.2) is 64.2 Å². The summed E-state index contributed by atoms with van der Waals surface area (Å²) >= 11 is 0. The molecule has 1 aromatic heterocycles. The van der Waals surface area contributed by atoms with Gasteiger partial charge in [0.15, 0.2) is 6.61 Å². The minimum atomic E-state index is -0.850. The minimum Gasteiger partial charge on any atom is -0.497 e. The van der Waals surface area contributed by atoms with Gasteiger partial charge in [0.1, 0.15) is 17.1 Å². The Bertz CT molecular complexity index is 1230. The second-order valence-corrected chi connectivity index (χ2v) is 6.71. The van der Waals surface area contributed by atoms with Gasteiger partial charge in [0, 0.05) is 7.05 Å². The fourth-order valence-corrected chi connectivity index (χ4v) is 2.98. The van der Waals surface area contributed by atoms with Crippen molar-refractivity contribution in [1.82, 2.24) is 9.13 Å². The lowest BCUT2D eigenvalue weighted by Gasteiger charge is -2.14. The van der Waals surface area contributed by atoms with Crippen molar-refractivity contribution >= 4 is 17.6 Å². The number of nitrogens with zero attached hydrogens (tertiary/aromatic N) is 2. The highest BCUT2D eigenvalue weighted by atomic mass is 16.5. The maximum absolute atomic E-state index is 12.7. The van der Waals surface area contributed by atoms with E-state index in [0.717, 1.165) is 14.7 Å². The number of anilines is 1. The van der Waals surface area contributed by atoms with Crippen LogP contribution in [0.5, 0.6) is 5.75 Å². The Morgan fingerprint density at radius 1 is 1.00 bits per heavy atom. The van der Waals surface area contributed by atoms with Gasteiger partial charge in [0.05, 0.1) is 19.2 Å². The first kappa shape index (κ1) is 21.6. The van der Waals surface area contributed by atoms with Crippen LogP contribution in [0.4, 0.5) is 5.82 Å². The van der Waals surface area contributed by atoms with Crippen molar-refractivity contribution in [2.24, 2.45) is 7.05 Å². The van der Waals surface area contributed by atoms with Gasteiger partial charge in [-0.25, -0.2) is 9.59 Å². The number of Topliss-reactive ketones (excluding diaryl/α,β-unsaturated/α-hetero) is 1. The molecule has 0 bridgehead atoms. The van der Waals surface area contributed by atoms with Gasteiger partial charge in [-0.15, -0.1) is 0 Å². The molecule has 3 aromatic rings. The Morgan fingerprint density at radius 3 is 2.26 bits per heavy atom. The molecule has 0 saturated heterocycles. The zero-order chi connectivity index (χ0) is 22.5. The smallest absolute Gasteiger partial charge is 0.338 e. The summed E-state index contributed by atoms with van der Waals surface area (Å²) < 4.78 is 12.0. The van der Waals surface area contributed by atoms with E-state index in [1.165, 1.54) is 26.3 Å². The molecule has 0 amide bonds. The monoisotopic (exact) mass is 423 g/mol. The Morgan fingerprint density at radius 2 is 1.65 bits per heavy atom. The van der Waals surface area contributed by atoms with Gasteiger partial charge in [-0.1, -0.05) is 30.3 Å². The number of nitrogen functional groups attached to an aromatic ring is 1. The maximum atomic E-state index is 12.7. The molecule has 0 spiro atoms. The number of esters is 1. The van der Waals surface area contributed by atoms with Crippen LogP contribution in [0, 0.1) is 0 Å². The van der Waals surface area contributed by atoms with Gasteiger partial charge in [0.25, 0.3) is 5.56 Å². The van der Waals surface area contributed by atoms with Crippen LogP contribution in [-0.4, -0.2) is 34.6 Å². The summed E-state index contributed by atoms with van der Waals surface area (Å²) in [6, 6.07) is 15.1. The van der Waals surface area contributed by atoms with Crippen molar-refractivity contribution in [2.45, 2.75) is 6.54 Å². The summed E-state index contributed by atoms with van der Waals surface area (Å²) in [4.78, 5) is 49.9. The minimum absolute atomic E-state index is 0.0749. The number of aromatic nitrogens is 2. The van der Waals surface area contributed by atoms with Gasteiger partial charge in [0.2, 0.25) is 5.78 Å². The lowest BCUT2D eigenvalue weighted by molar-refractivity contribution is 0.0474. The molecule has 1 heterocycles. The zero-order valence-corrected chi connectivity index (χ0v) is 17.0. The third-order valence-electron chi connectivity index (χ3n) is 4.71. The van der Waals surface area contributed by atoms with E-state index in [4.69, 9.17) is 15.2 Å². The Balaban J connectivity index is 1.85. The topological polar surface area (TPSA) is 123 Å². The number of rotatable bonds is 7. The highest BCUT2D eigenvalue weighted by Crippen LogP contribution is 2.13. The second kappa shape index (κ2) is 9.12. The maximum Gasteiger partial charge on any atom is 0.338 e. The number of ketones is 1. The van der Waals surface area contributed by atoms with Crippen molar-refractivity contribution in [2.75, 3.05) is 19.5 Å². The predicted octanol–water partition coefficient (Wildman–Crippen LogP) is 1.23. The van der Waals surface area contributed by atoms with E-state index in [-0.39, 0.29) is 17.9 Å². The standard InChI is InChI=1S/C22H21N3O6/c1-24-20(27)18(19(23)25(22(24)29)12-14-6-4-3-5-7-14)17(26)13-31-21(28)15-8-10-16(30-2)11-9-15/h3-11H,12-13,23H2,1-2H3. The first-order valence-electron chi connectivity index (χ1n) is 9.31. The average Bonchev–Trinajstić information content (AvgIpc) is 2.79. The van der Waals surface area contributed by atoms with E-state index >= 15 is 0 Å². The van der Waals surface area contributed by atoms with Crippen LogP contribution in [0.2, 0.25) is 0 Å². The fourth-order valence-electron chi connectivity index (χ4n) is 2.98. The molecule has 31 heavy (non-hydrogen) atoms. The summed E-state index contributed by atoms with van der Waals surface area (Å²) in [6.07, 6.45) is 0. The first-order valence-corrected chi connectivity index (χ1v) is 9.31. The SMILES string of the molecule is COc1ccc(C(=O)OCC(=O)c2c(N)n(Cc3ccccc3)c(=O)n(C)c2=O)cc1. The number of methoxy groups -OCH3 is 1. The van der Waals surface area contributed by atoms with Crippen LogP contribution in [0.25, 0.3) is 0 Å². The lowest BCUT2D eigenvalue weighted by atomic mass is 10.1. The van der Waals surface area contributed by atoms with Gasteiger partial charge < -0.3 is 15.2 Å². The van der Waals surface area contributed by atoms with E-state index in [2.05, 4.69) is 0 Å². The molecule has 0 radical (unpaired) electrons.